The first-order valence-electron chi connectivity index (χ1n) is 5.96. The zero-order chi connectivity index (χ0) is 11.4. The highest BCUT2D eigenvalue weighted by Gasteiger charge is 2.22. The van der Waals surface area contributed by atoms with E-state index in [1.165, 1.54) is 24.8 Å². The van der Waals surface area contributed by atoms with Gasteiger partial charge in [0, 0.05) is 24.7 Å². The molecule has 1 aliphatic heterocycles. The fourth-order valence-corrected chi connectivity index (χ4v) is 2.20. The number of pyridine rings is 1. The first-order valence-corrected chi connectivity index (χ1v) is 5.96. The normalized spacial score (nSPS) is 20.6. The molecular formula is C13H19N3. The molecule has 0 spiro atoms. The summed E-state index contributed by atoms with van der Waals surface area (Å²) in [7, 11) is 0. The van der Waals surface area contributed by atoms with Gasteiger partial charge >= 0.3 is 0 Å². The second kappa shape index (κ2) is 5.10. The molecule has 0 bridgehead atoms. The minimum atomic E-state index is 0.414. The van der Waals surface area contributed by atoms with Crippen molar-refractivity contribution in [3.8, 4) is 0 Å². The van der Waals surface area contributed by atoms with Crippen LogP contribution in [-0.2, 0) is 0 Å². The molecule has 16 heavy (non-hydrogen) atoms. The monoisotopic (exact) mass is 217 g/mol. The molecule has 3 nitrogen and oxygen atoms in total. The topological polar surface area (TPSA) is 28.5 Å². The first kappa shape index (κ1) is 11.1. The van der Waals surface area contributed by atoms with Gasteiger partial charge in [-0.2, -0.15) is 5.10 Å². The van der Waals surface area contributed by atoms with Crippen LogP contribution < -0.4 is 0 Å². The third-order valence-corrected chi connectivity index (χ3v) is 2.87. The molecule has 1 aromatic heterocycles. The Balaban J connectivity index is 2.20. The summed E-state index contributed by atoms with van der Waals surface area (Å²) in [6.07, 6.45) is 7.50. The van der Waals surface area contributed by atoms with Crippen LogP contribution in [0.5, 0.6) is 0 Å². The molecule has 0 N–H and O–H groups in total. The zero-order valence-electron chi connectivity index (χ0n) is 10.1. The van der Waals surface area contributed by atoms with Crippen molar-refractivity contribution in [1.82, 2.24) is 9.99 Å². The van der Waals surface area contributed by atoms with E-state index in [-0.39, 0.29) is 0 Å². The van der Waals surface area contributed by atoms with Gasteiger partial charge in [-0.05, 0) is 44.7 Å². The molecular weight excluding hydrogens is 198 g/mol. The fourth-order valence-electron chi connectivity index (χ4n) is 2.20. The van der Waals surface area contributed by atoms with E-state index in [2.05, 4.69) is 35.0 Å². The summed E-state index contributed by atoms with van der Waals surface area (Å²) in [5, 5.41) is 6.83. The average Bonchev–Trinajstić information content (AvgIpc) is 2.30. The summed E-state index contributed by atoms with van der Waals surface area (Å²) in [6.45, 7) is 5.16. The second-order valence-electron chi connectivity index (χ2n) is 4.51. The van der Waals surface area contributed by atoms with E-state index in [1.54, 1.807) is 0 Å². The molecule has 86 valence electrons. The van der Waals surface area contributed by atoms with Crippen LogP contribution in [0.25, 0.3) is 0 Å². The number of aromatic nitrogens is 1. The van der Waals surface area contributed by atoms with Crippen molar-refractivity contribution in [2.45, 2.75) is 39.2 Å². The van der Waals surface area contributed by atoms with Crippen molar-refractivity contribution in [2.75, 3.05) is 6.54 Å². The van der Waals surface area contributed by atoms with E-state index in [9.17, 15) is 0 Å². The summed E-state index contributed by atoms with van der Waals surface area (Å²) < 4.78 is 0. The third kappa shape index (κ3) is 2.60. The highest BCUT2D eigenvalue weighted by molar-refractivity contribution is 5.78. The Labute approximate surface area is 97.2 Å². The Hall–Kier alpha value is -1.38. The smallest absolute Gasteiger partial charge is 0.0734 e. The Bertz CT molecular complexity index is 355. The third-order valence-electron chi connectivity index (χ3n) is 2.87. The predicted molar refractivity (Wildman–Crippen MR) is 66.3 cm³/mol. The number of piperidine rings is 1. The number of rotatable bonds is 2. The van der Waals surface area contributed by atoms with Crippen LogP contribution in [0, 0.1) is 0 Å². The van der Waals surface area contributed by atoms with Crippen molar-refractivity contribution >= 4 is 5.71 Å². The van der Waals surface area contributed by atoms with E-state index in [1.807, 2.05) is 18.5 Å². The molecule has 0 aliphatic carbocycles. The fraction of sp³-hybridized carbons (Fsp3) is 0.538. The van der Waals surface area contributed by atoms with Crippen molar-refractivity contribution in [3.05, 3.63) is 30.1 Å². The maximum Gasteiger partial charge on any atom is 0.0734 e. The van der Waals surface area contributed by atoms with E-state index >= 15 is 0 Å². The van der Waals surface area contributed by atoms with E-state index in [0.29, 0.717) is 6.04 Å². The molecule has 1 aliphatic rings. The molecule has 0 saturated carbocycles. The summed E-state index contributed by atoms with van der Waals surface area (Å²) in [4.78, 5) is 4.20. The van der Waals surface area contributed by atoms with E-state index < -0.39 is 0 Å². The molecule has 0 unspecified atom stereocenters. The van der Waals surface area contributed by atoms with Crippen molar-refractivity contribution in [3.63, 3.8) is 0 Å². The first-order chi connectivity index (χ1) is 7.77. The number of hydrogen-bond donors (Lipinski definition) is 0. The summed E-state index contributed by atoms with van der Waals surface area (Å²) in [6, 6.07) is 4.57. The maximum atomic E-state index is 4.62. The van der Waals surface area contributed by atoms with E-state index in [4.69, 9.17) is 0 Å². The minimum Gasteiger partial charge on any atom is -0.290 e. The van der Waals surface area contributed by atoms with Gasteiger partial charge in [0.2, 0.25) is 0 Å². The molecule has 1 fully saturated rings. The lowest BCUT2D eigenvalue weighted by Crippen LogP contribution is -2.29. The van der Waals surface area contributed by atoms with Gasteiger partial charge < -0.3 is 0 Å². The van der Waals surface area contributed by atoms with Crippen molar-refractivity contribution in [1.29, 1.82) is 0 Å². The maximum absolute atomic E-state index is 4.62. The van der Waals surface area contributed by atoms with Crippen LogP contribution in [0.2, 0.25) is 0 Å². The van der Waals surface area contributed by atoms with Crippen LogP contribution in [-0.4, -0.2) is 22.2 Å². The van der Waals surface area contributed by atoms with E-state index in [0.717, 1.165) is 12.3 Å². The molecule has 1 aromatic rings. The molecule has 2 heterocycles. The van der Waals surface area contributed by atoms with Gasteiger partial charge in [-0.1, -0.05) is 6.07 Å². The standard InChI is InChI=1S/C13H19N3/c1-11(2)15-16-9-4-3-7-13(16)12-6-5-8-14-10-12/h5-6,8,10,13H,3-4,7,9H2,1-2H3/t13-/m0/s1. The van der Waals surface area contributed by atoms with Gasteiger partial charge in [-0.25, -0.2) is 0 Å². The lowest BCUT2D eigenvalue weighted by Gasteiger charge is -2.33. The van der Waals surface area contributed by atoms with Crippen LogP contribution >= 0.6 is 0 Å². The van der Waals surface area contributed by atoms with Crippen molar-refractivity contribution in [2.24, 2.45) is 5.10 Å². The summed E-state index contributed by atoms with van der Waals surface area (Å²) in [5.41, 5.74) is 2.41. The van der Waals surface area contributed by atoms with Crippen LogP contribution in [0.3, 0.4) is 0 Å². The van der Waals surface area contributed by atoms with Crippen LogP contribution in [0.15, 0.2) is 29.6 Å². The van der Waals surface area contributed by atoms with Crippen LogP contribution in [0.1, 0.15) is 44.7 Å². The quantitative estimate of drug-likeness (QED) is 0.712. The van der Waals surface area contributed by atoms with Gasteiger partial charge in [0.1, 0.15) is 0 Å². The lowest BCUT2D eigenvalue weighted by molar-refractivity contribution is 0.155. The summed E-state index contributed by atoms with van der Waals surface area (Å²) >= 11 is 0. The number of hydrogen-bond acceptors (Lipinski definition) is 3. The Kier molecular flexibility index (Phi) is 3.54. The Morgan fingerprint density at radius 1 is 1.44 bits per heavy atom. The minimum absolute atomic E-state index is 0.414. The zero-order valence-corrected chi connectivity index (χ0v) is 10.1. The largest absolute Gasteiger partial charge is 0.290 e. The van der Waals surface area contributed by atoms with Gasteiger partial charge in [0.05, 0.1) is 6.04 Å². The predicted octanol–water partition coefficient (Wildman–Crippen LogP) is 3.00. The molecule has 2 rings (SSSR count). The molecule has 0 amide bonds. The van der Waals surface area contributed by atoms with Gasteiger partial charge in [0.15, 0.2) is 0 Å². The molecule has 1 atom stereocenters. The molecule has 0 aromatic carbocycles. The summed E-state index contributed by atoms with van der Waals surface area (Å²) in [5.74, 6) is 0. The van der Waals surface area contributed by atoms with Gasteiger partial charge in [-0.3, -0.25) is 9.99 Å². The highest BCUT2D eigenvalue weighted by atomic mass is 15.5. The molecule has 1 saturated heterocycles. The number of hydrazone groups is 1. The highest BCUT2D eigenvalue weighted by Crippen LogP contribution is 2.30. The van der Waals surface area contributed by atoms with Crippen LogP contribution in [0.4, 0.5) is 0 Å². The molecule has 3 heteroatoms. The van der Waals surface area contributed by atoms with Gasteiger partial charge in [0.25, 0.3) is 0 Å². The number of nitrogens with zero attached hydrogens (tertiary/aromatic N) is 3. The Morgan fingerprint density at radius 3 is 3.00 bits per heavy atom. The second-order valence-corrected chi connectivity index (χ2v) is 4.51. The SMILES string of the molecule is CC(C)=NN1CCCC[C@H]1c1cccnc1. The van der Waals surface area contributed by atoms with Crippen molar-refractivity contribution < 1.29 is 0 Å². The average molecular weight is 217 g/mol. The lowest BCUT2D eigenvalue weighted by atomic mass is 9.98. The van der Waals surface area contributed by atoms with Gasteiger partial charge in [-0.15, -0.1) is 0 Å². The Morgan fingerprint density at radius 2 is 2.31 bits per heavy atom. The molecule has 0 radical (unpaired) electrons.